The van der Waals surface area contributed by atoms with Gasteiger partial charge in [-0.2, -0.15) is 0 Å². The normalized spacial score (nSPS) is 22.4. The van der Waals surface area contributed by atoms with Crippen molar-refractivity contribution in [2.24, 2.45) is 0 Å². The number of aliphatic hydroxyl groups is 1. The number of aliphatic hydroxyl groups excluding tert-OH is 1. The van der Waals surface area contributed by atoms with E-state index in [9.17, 15) is 5.11 Å². The molecule has 1 atom stereocenters. The summed E-state index contributed by atoms with van der Waals surface area (Å²) in [4.78, 5) is 0. The van der Waals surface area contributed by atoms with E-state index < -0.39 is 0 Å². The van der Waals surface area contributed by atoms with Crippen LogP contribution in [-0.2, 0) is 6.42 Å². The summed E-state index contributed by atoms with van der Waals surface area (Å²) < 4.78 is 5.41. The fourth-order valence-electron chi connectivity index (χ4n) is 2.77. The molecule has 0 heterocycles. The van der Waals surface area contributed by atoms with Gasteiger partial charge in [-0.05, 0) is 55.9 Å². The number of hydrogen-bond donors (Lipinski definition) is 1. The molecule has 0 aromatic heterocycles. The molecule has 0 saturated carbocycles. The lowest BCUT2D eigenvalue weighted by Crippen LogP contribution is -2.10. The summed E-state index contributed by atoms with van der Waals surface area (Å²) in [6.45, 7) is 4.47. The zero-order valence-corrected chi connectivity index (χ0v) is 11.5. The van der Waals surface area contributed by atoms with Gasteiger partial charge in [0.2, 0.25) is 0 Å². The predicted octanol–water partition coefficient (Wildman–Crippen LogP) is 3.36. The molecule has 0 spiro atoms. The van der Waals surface area contributed by atoms with Crippen LogP contribution in [0.4, 0.5) is 0 Å². The topological polar surface area (TPSA) is 29.5 Å². The second-order valence-corrected chi connectivity index (χ2v) is 5.20. The van der Waals surface area contributed by atoms with Crippen molar-refractivity contribution in [2.45, 2.75) is 39.0 Å². The molecule has 0 saturated heterocycles. The zero-order chi connectivity index (χ0) is 13.1. The van der Waals surface area contributed by atoms with Crippen molar-refractivity contribution in [1.82, 2.24) is 0 Å². The summed E-state index contributed by atoms with van der Waals surface area (Å²) in [7, 11) is 1.71. The van der Waals surface area contributed by atoms with Gasteiger partial charge >= 0.3 is 0 Å². The van der Waals surface area contributed by atoms with Gasteiger partial charge in [0.1, 0.15) is 5.75 Å². The van der Waals surface area contributed by atoms with E-state index in [-0.39, 0.29) is 12.5 Å². The van der Waals surface area contributed by atoms with E-state index in [0.29, 0.717) is 0 Å². The average molecular weight is 246 g/mol. The molecule has 1 aromatic rings. The summed E-state index contributed by atoms with van der Waals surface area (Å²) in [5.74, 6) is 1.16. The van der Waals surface area contributed by atoms with Crippen molar-refractivity contribution in [2.75, 3.05) is 13.7 Å². The van der Waals surface area contributed by atoms with Crippen LogP contribution in [0.2, 0.25) is 0 Å². The minimum atomic E-state index is 0.214. The molecular weight excluding hydrogens is 224 g/mol. The van der Waals surface area contributed by atoms with E-state index in [1.807, 2.05) is 0 Å². The van der Waals surface area contributed by atoms with Crippen molar-refractivity contribution < 1.29 is 9.84 Å². The maximum absolute atomic E-state index is 9.59. The Kier molecular flexibility index (Phi) is 4.07. The molecule has 18 heavy (non-hydrogen) atoms. The van der Waals surface area contributed by atoms with Crippen LogP contribution in [0.15, 0.2) is 23.8 Å². The Bertz CT molecular complexity index is 460. The third-order valence-electron chi connectivity index (χ3n) is 3.79. The van der Waals surface area contributed by atoms with Gasteiger partial charge in [-0.15, -0.1) is 0 Å². The average Bonchev–Trinajstić information content (AvgIpc) is 2.34. The molecule has 1 unspecified atom stereocenters. The van der Waals surface area contributed by atoms with Crippen LogP contribution in [0, 0.1) is 6.92 Å². The van der Waals surface area contributed by atoms with Crippen LogP contribution in [0.5, 0.6) is 5.75 Å². The predicted molar refractivity (Wildman–Crippen MR) is 74.3 cm³/mol. The first kappa shape index (κ1) is 13.2. The van der Waals surface area contributed by atoms with Gasteiger partial charge in [-0.3, -0.25) is 0 Å². The molecule has 0 radical (unpaired) electrons. The Hall–Kier alpha value is -1.28. The number of fused-ring (bicyclic) bond motifs is 1. The van der Waals surface area contributed by atoms with E-state index >= 15 is 0 Å². The number of hydrogen-bond acceptors (Lipinski definition) is 2. The molecule has 1 aromatic carbocycles. The molecule has 0 aliphatic heterocycles. The molecule has 98 valence electrons. The number of aryl methyl sites for hydroxylation is 1. The highest BCUT2D eigenvalue weighted by Gasteiger charge is 2.18. The lowest BCUT2D eigenvalue weighted by atomic mass is 9.85. The van der Waals surface area contributed by atoms with Crippen LogP contribution < -0.4 is 4.74 Å². The highest BCUT2D eigenvalue weighted by molar-refractivity contribution is 5.45. The van der Waals surface area contributed by atoms with Crippen LogP contribution in [0.3, 0.4) is 0 Å². The highest BCUT2D eigenvalue weighted by atomic mass is 16.5. The smallest absolute Gasteiger partial charge is 0.122 e. The summed E-state index contributed by atoms with van der Waals surface area (Å²) in [5.41, 5.74) is 5.17. The Labute approximate surface area is 109 Å². The maximum atomic E-state index is 9.59. The van der Waals surface area contributed by atoms with Crippen LogP contribution in [0.25, 0.3) is 0 Å². The zero-order valence-electron chi connectivity index (χ0n) is 11.5. The lowest BCUT2D eigenvalue weighted by molar-refractivity contribution is 0.258. The SMILES string of the molecule is COc1cc2c(cc1C)C/C(C)=C\CCC2CO. The van der Waals surface area contributed by atoms with Gasteiger partial charge in [0.25, 0.3) is 0 Å². The fourth-order valence-corrected chi connectivity index (χ4v) is 2.77. The monoisotopic (exact) mass is 246 g/mol. The molecule has 2 rings (SSSR count). The largest absolute Gasteiger partial charge is 0.496 e. The summed E-state index contributed by atoms with van der Waals surface area (Å²) in [5, 5.41) is 9.59. The minimum Gasteiger partial charge on any atom is -0.496 e. The Morgan fingerprint density at radius 1 is 1.33 bits per heavy atom. The molecule has 1 aliphatic carbocycles. The number of benzene rings is 1. The number of allylic oxidation sites excluding steroid dienone is 2. The van der Waals surface area contributed by atoms with Crippen molar-refractivity contribution >= 4 is 0 Å². The van der Waals surface area contributed by atoms with E-state index in [0.717, 1.165) is 25.0 Å². The minimum absolute atomic E-state index is 0.214. The summed E-state index contributed by atoms with van der Waals surface area (Å²) >= 11 is 0. The third kappa shape index (κ3) is 2.59. The Morgan fingerprint density at radius 3 is 2.78 bits per heavy atom. The second kappa shape index (κ2) is 5.57. The Balaban J connectivity index is 2.50. The summed E-state index contributed by atoms with van der Waals surface area (Å²) in [6.07, 6.45) is 5.33. The van der Waals surface area contributed by atoms with Crippen molar-refractivity contribution in [3.05, 3.63) is 40.5 Å². The molecule has 0 amide bonds. The first-order chi connectivity index (χ1) is 8.65. The maximum Gasteiger partial charge on any atom is 0.122 e. The van der Waals surface area contributed by atoms with Gasteiger partial charge in [0, 0.05) is 12.5 Å². The molecule has 1 N–H and O–H groups in total. The molecule has 2 heteroatoms. The van der Waals surface area contributed by atoms with E-state index in [2.05, 4.69) is 32.1 Å². The van der Waals surface area contributed by atoms with Gasteiger partial charge in [0.15, 0.2) is 0 Å². The first-order valence-electron chi connectivity index (χ1n) is 6.59. The van der Waals surface area contributed by atoms with Crippen LogP contribution >= 0.6 is 0 Å². The van der Waals surface area contributed by atoms with E-state index in [1.165, 1.54) is 22.3 Å². The van der Waals surface area contributed by atoms with Crippen LogP contribution in [0.1, 0.15) is 42.4 Å². The highest BCUT2D eigenvalue weighted by Crippen LogP contribution is 2.33. The quantitative estimate of drug-likeness (QED) is 0.811. The molecular formula is C16H22O2. The summed E-state index contributed by atoms with van der Waals surface area (Å²) in [6, 6.07) is 4.32. The standard InChI is InChI=1S/C16H22O2/c1-11-5-4-6-13(10-17)15-9-16(18-3)12(2)8-14(15)7-11/h5,8-9,13,17H,4,6-7,10H2,1-3H3/b11-5-. The first-order valence-corrected chi connectivity index (χ1v) is 6.59. The van der Waals surface area contributed by atoms with E-state index in [1.54, 1.807) is 7.11 Å². The Morgan fingerprint density at radius 2 is 2.11 bits per heavy atom. The van der Waals surface area contributed by atoms with Crippen molar-refractivity contribution in [1.29, 1.82) is 0 Å². The van der Waals surface area contributed by atoms with Crippen LogP contribution in [-0.4, -0.2) is 18.8 Å². The third-order valence-corrected chi connectivity index (χ3v) is 3.79. The molecule has 0 bridgehead atoms. The van der Waals surface area contributed by atoms with E-state index in [4.69, 9.17) is 4.74 Å². The number of methoxy groups -OCH3 is 1. The van der Waals surface area contributed by atoms with Gasteiger partial charge < -0.3 is 9.84 Å². The second-order valence-electron chi connectivity index (χ2n) is 5.20. The number of rotatable bonds is 2. The molecule has 2 nitrogen and oxygen atoms in total. The van der Waals surface area contributed by atoms with Crippen molar-refractivity contribution in [3.63, 3.8) is 0 Å². The van der Waals surface area contributed by atoms with Gasteiger partial charge in [0.05, 0.1) is 7.11 Å². The van der Waals surface area contributed by atoms with Crippen molar-refractivity contribution in [3.8, 4) is 5.75 Å². The fraction of sp³-hybridized carbons (Fsp3) is 0.500. The molecule has 0 fully saturated rings. The lowest BCUT2D eigenvalue weighted by Gasteiger charge is -2.22. The number of ether oxygens (including phenoxy) is 1. The van der Waals surface area contributed by atoms with Gasteiger partial charge in [-0.1, -0.05) is 17.7 Å². The van der Waals surface area contributed by atoms with Gasteiger partial charge in [-0.25, -0.2) is 0 Å². The molecule has 1 aliphatic rings.